The van der Waals surface area contributed by atoms with Gasteiger partial charge in [0.05, 0.1) is 10.0 Å². The van der Waals surface area contributed by atoms with Gasteiger partial charge in [0, 0.05) is 12.1 Å². The van der Waals surface area contributed by atoms with Crippen LogP contribution in [0.5, 0.6) is 0 Å². The Kier molecular flexibility index (Phi) is 4.34. The van der Waals surface area contributed by atoms with Crippen molar-refractivity contribution in [1.82, 2.24) is 15.5 Å². The highest BCUT2D eigenvalue weighted by molar-refractivity contribution is 7.14. The maximum atomic E-state index is 6.13. The fourth-order valence-electron chi connectivity index (χ4n) is 1.33. The molecule has 0 spiro atoms. The Balaban J connectivity index is 2.27. The summed E-state index contributed by atoms with van der Waals surface area (Å²) in [5, 5.41) is 14.2. The van der Waals surface area contributed by atoms with Crippen LogP contribution in [0.1, 0.15) is 11.9 Å². The minimum Gasteiger partial charge on any atom is -0.311 e. The smallest absolute Gasteiger partial charge is 0.149 e. The highest BCUT2D eigenvalue weighted by atomic mass is 35.5. The molecule has 0 atom stereocenters. The molecular formula is C11H11Cl2N3S. The van der Waals surface area contributed by atoms with Crippen molar-refractivity contribution in [2.75, 3.05) is 6.54 Å². The van der Waals surface area contributed by atoms with Crippen LogP contribution in [0.3, 0.4) is 0 Å². The largest absolute Gasteiger partial charge is 0.311 e. The van der Waals surface area contributed by atoms with Crippen LogP contribution in [-0.2, 0) is 6.54 Å². The first-order valence-electron chi connectivity index (χ1n) is 5.20. The van der Waals surface area contributed by atoms with E-state index in [-0.39, 0.29) is 0 Å². The van der Waals surface area contributed by atoms with Gasteiger partial charge in [0.1, 0.15) is 10.0 Å². The van der Waals surface area contributed by atoms with Crippen LogP contribution in [0.15, 0.2) is 18.2 Å². The molecule has 0 fully saturated rings. The molecule has 0 saturated carbocycles. The standard InChI is InChI=1S/C11H11Cl2N3S/c1-2-14-6-9-15-16-11(17-9)7-4-3-5-8(12)10(7)13/h3-5,14H,2,6H2,1H3. The van der Waals surface area contributed by atoms with Crippen LogP contribution in [0, 0.1) is 0 Å². The molecule has 0 radical (unpaired) electrons. The minimum atomic E-state index is 0.528. The highest BCUT2D eigenvalue weighted by Gasteiger charge is 2.11. The zero-order valence-corrected chi connectivity index (χ0v) is 11.5. The summed E-state index contributed by atoms with van der Waals surface area (Å²) in [5.41, 5.74) is 0.833. The Labute approximate surface area is 114 Å². The lowest BCUT2D eigenvalue weighted by Crippen LogP contribution is -2.11. The van der Waals surface area contributed by atoms with Gasteiger partial charge in [-0.05, 0) is 12.6 Å². The fraction of sp³-hybridized carbons (Fsp3) is 0.273. The van der Waals surface area contributed by atoms with Crippen molar-refractivity contribution in [3.8, 4) is 10.6 Å². The maximum absolute atomic E-state index is 6.13. The zero-order chi connectivity index (χ0) is 12.3. The topological polar surface area (TPSA) is 37.8 Å². The summed E-state index contributed by atoms with van der Waals surface area (Å²) < 4.78 is 0. The van der Waals surface area contributed by atoms with Crippen molar-refractivity contribution in [2.24, 2.45) is 0 Å². The van der Waals surface area contributed by atoms with E-state index < -0.39 is 0 Å². The summed E-state index contributed by atoms with van der Waals surface area (Å²) >= 11 is 13.6. The highest BCUT2D eigenvalue weighted by Crippen LogP contribution is 2.34. The van der Waals surface area contributed by atoms with Gasteiger partial charge >= 0.3 is 0 Å². The number of hydrogen-bond donors (Lipinski definition) is 1. The molecule has 0 aliphatic heterocycles. The van der Waals surface area contributed by atoms with Crippen LogP contribution >= 0.6 is 34.5 Å². The first kappa shape index (κ1) is 12.8. The summed E-state index contributed by atoms with van der Waals surface area (Å²) in [5.74, 6) is 0. The van der Waals surface area contributed by atoms with E-state index >= 15 is 0 Å². The molecule has 0 aliphatic rings. The van der Waals surface area contributed by atoms with Crippen molar-refractivity contribution < 1.29 is 0 Å². The molecule has 1 aromatic heterocycles. The number of rotatable bonds is 4. The van der Waals surface area contributed by atoms with E-state index in [0.717, 1.165) is 28.7 Å². The Bertz CT molecular complexity index is 513. The summed E-state index contributed by atoms with van der Waals surface area (Å²) in [4.78, 5) is 0. The summed E-state index contributed by atoms with van der Waals surface area (Å²) in [6.07, 6.45) is 0. The van der Waals surface area contributed by atoms with Crippen LogP contribution in [0.25, 0.3) is 10.6 Å². The number of halogens is 2. The van der Waals surface area contributed by atoms with Gasteiger partial charge in [-0.1, -0.05) is 53.6 Å². The van der Waals surface area contributed by atoms with E-state index in [2.05, 4.69) is 22.4 Å². The molecule has 0 unspecified atom stereocenters. The predicted octanol–water partition coefficient (Wildman–Crippen LogP) is 3.62. The molecule has 0 saturated heterocycles. The average Bonchev–Trinajstić information content (AvgIpc) is 2.78. The van der Waals surface area contributed by atoms with Gasteiger partial charge in [-0.25, -0.2) is 0 Å². The van der Waals surface area contributed by atoms with E-state index in [1.807, 2.05) is 12.1 Å². The number of hydrogen-bond acceptors (Lipinski definition) is 4. The average molecular weight is 288 g/mol. The van der Waals surface area contributed by atoms with E-state index in [4.69, 9.17) is 23.2 Å². The third-order valence-corrected chi connectivity index (χ3v) is 3.95. The predicted molar refractivity (Wildman–Crippen MR) is 72.7 cm³/mol. The van der Waals surface area contributed by atoms with Gasteiger partial charge in [0.25, 0.3) is 0 Å². The molecule has 2 rings (SSSR count). The monoisotopic (exact) mass is 287 g/mol. The van der Waals surface area contributed by atoms with Crippen molar-refractivity contribution in [3.05, 3.63) is 33.3 Å². The van der Waals surface area contributed by atoms with Gasteiger partial charge in [-0.15, -0.1) is 10.2 Å². The Hall–Kier alpha value is -0.680. The molecule has 17 heavy (non-hydrogen) atoms. The molecule has 6 heteroatoms. The third kappa shape index (κ3) is 2.96. The molecule has 2 aromatic rings. The van der Waals surface area contributed by atoms with Gasteiger partial charge in [0.15, 0.2) is 0 Å². The Morgan fingerprint density at radius 3 is 2.88 bits per heavy atom. The van der Waals surface area contributed by atoms with E-state index in [1.54, 1.807) is 6.07 Å². The molecule has 0 amide bonds. The summed E-state index contributed by atoms with van der Waals surface area (Å²) in [6.45, 7) is 3.69. The number of nitrogens with zero attached hydrogens (tertiary/aromatic N) is 2. The molecule has 0 bridgehead atoms. The first-order chi connectivity index (χ1) is 8.22. The van der Waals surface area contributed by atoms with Gasteiger partial charge in [-0.3, -0.25) is 0 Å². The first-order valence-corrected chi connectivity index (χ1v) is 6.77. The molecule has 1 heterocycles. The molecule has 0 aliphatic carbocycles. The lowest BCUT2D eigenvalue weighted by molar-refractivity contribution is 0.715. The SMILES string of the molecule is CCNCc1nnc(-c2cccc(Cl)c2Cl)s1. The van der Waals surface area contributed by atoms with E-state index in [9.17, 15) is 0 Å². The summed E-state index contributed by atoms with van der Waals surface area (Å²) in [6, 6.07) is 5.51. The molecule has 1 aromatic carbocycles. The maximum Gasteiger partial charge on any atom is 0.149 e. The second-order valence-electron chi connectivity index (χ2n) is 3.38. The normalized spacial score (nSPS) is 10.8. The third-order valence-electron chi connectivity index (χ3n) is 2.18. The summed E-state index contributed by atoms with van der Waals surface area (Å²) in [7, 11) is 0. The van der Waals surface area contributed by atoms with Gasteiger partial charge < -0.3 is 5.32 Å². The van der Waals surface area contributed by atoms with E-state index in [0.29, 0.717) is 10.0 Å². The fourth-order valence-corrected chi connectivity index (χ4v) is 2.62. The Morgan fingerprint density at radius 2 is 2.12 bits per heavy atom. The second kappa shape index (κ2) is 5.78. The van der Waals surface area contributed by atoms with Gasteiger partial charge in [0.2, 0.25) is 0 Å². The molecular weight excluding hydrogens is 277 g/mol. The lowest BCUT2D eigenvalue weighted by atomic mass is 10.2. The number of benzene rings is 1. The second-order valence-corrected chi connectivity index (χ2v) is 5.23. The van der Waals surface area contributed by atoms with Crippen LogP contribution < -0.4 is 5.32 Å². The Morgan fingerprint density at radius 1 is 1.29 bits per heavy atom. The lowest BCUT2D eigenvalue weighted by Gasteiger charge is -2.00. The van der Waals surface area contributed by atoms with Crippen molar-refractivity contribution in [2.45, 2.75) is 13.5 Å². The van der Waals surface area contributed by atoms with Crippen LogP contribution in [-0.4, -0.2) is 16.7 Å². The van der Waals surface area contributed by atoms with Crippen molar-refractivity contribution >= 4 is 34.5 Å². The van der Waals surface area contributed by atoms with E-state index in [1.165, 1.54) is 11.3 Å². The van der Waals surface area contributed by atoms with Crippen LogP contribution in [0.2, 0.25) is 10.0 Å². The zero-order valence-electron chi connectivity index (χ0n) is 9.20. The quantitative estimate of drug-likeness (QED) is 0.933. The van der Waals surface area contributed by atoms with Crippen molar-refractivity contribution in [3.63, 3.8) is 0 Å². The van der Waals surface area contributed by atoms with Gasteiger partial charge in [-0.2, -0.15) is 0 Å². The molecule has 3 nitrogen and oxygen atoms in total. The minimum absolute atomic E-state index is 0.528. The van der Waals surface area contributed by atoms with Crippen molar-refractivity contribution in [1.29, 1.82) is 0 Å². The number of aromatic nitrogens is 2. The van der Waals surface area contributed by atoms with Crippen LogP contribution in [0.4, 0.5) is 0 Å². The molecule has 90 valence electrons. The number of nitrogens with one attached hydrogen (secondary N) is 1. The molecule has 1 N–H and O–H groups in total.